The molecular formula is C20H25ClF2N4O4. The molecule has 1 saturated heterocycles. The minimum Gasteiger partial charge on any atom is -0.353 e. The molecule has 1 aliphatic heterocycles. The zero-order valence-electron chi connectivity index (χ0n) is 17.4. The molecule has 0 unspecified atom stereocenters. The smallest absolute Gasteiger partial charge is 0.289 e. The maximum Gasteiger partial charge on any atom is 0.289 e. The lowest BCUT2D eigenvalue weighted by Crippen LogP contribution is -2.50. The van der Waals surface area contributed by atoms with Crippen LogP contribution in [0, 0.1) is 5.92 Å². The van der Waals surface area contributed by atoms with Gasteiger partial charge in [0.2, 0.25) is 17.6 Å². The third-order valence-electron chi connectivity index (χ3n) is 4.86. The van der Waals surface area contributed by atoms with E-state index < -0.39 is 42.4 Å². The topological polar surface area (TPSA) is 108 Å². The fourth-order valence-corrected chi connectivity index (χ4v) is 3.27. The number of carbonyl (C=O) groups excluding carboxylic acids is 4. The van der Waals surface area contributed by atoms with Gasteiger partial charge in [0, 0.05) is 31.6 Å². The molecule has 1 atom stereocenters. The second-order valence-corrected chi connectivity index (χ2v) is 8.11. The average molecular weight is 459 g/mol. The van der Waals surface area contributed by atoms with Crippen molar-refractivity contribution in [2.24, 2.45) is 5.92 Å². The van der Waals surface area contributed by atoms with Crippen LogP contribution in [-0.4, -0.2) is 67.6 Å². The third kappa shape index (κ3) is 6.96. The van der Waals surface area contributed by atoms with E-state index in [1.165, 1.54) is 25.2 Å². The fraction of sp³-hybridized carbons (Fsp3) is 0.500. The molecule has 3 amide bonds. The van der Waals surface area contributed by atoms with E-state index in [4.69, 9.17) is 11.6 Å². The zero-order chi connectivity index (χ0) is 23.3. The Bertz CT molecular complexity index is 869. The number of nitrogens with one attached hydrogen (secondary N) is 3. The van der Waals surface area contributed by atoms with Gasteiger partial charge in [-0.05, 0) is 38.6 Å². The lowest BCUT2D eigenvalue weighted by atomic mass is 9.99. The summed E-state index contributed by atoms with van der Waals surface area (Å²) in [5, 5.41) is 7.31. The number of alkyl halides is 2. The highest BCUT2D eigenvalue weighted by molar-refractivity contribution is 6.38. The Labute approximate surface area is 183 Å². The molecule has 31 heavy (non-hydrogen) atoms. The summed E-state index contributed by atoms with van der Waals surface area (Å²) in [6, 6.07) is 2.73. The van der Waals surface area contributed by atoms with E-state index >= 15 is 0 Å². The van der Waals surface area contributed by atoms with E-state index in [2.05, 4.69) is 16.0 Å². The van der Waals surface area contributed by atoms with Crippen molar-refractivity contribution in [1.29, 1.82) is 0 Å². The van der Waals surface area contributed by atoms with Crippen LogP contribution in [0.15, 0.2) is 18.2 Å². The van der Waals surface area contributed by atoms with E-state index in [0.29, 0.717) is 20.0 Å². The summed E-state index contributed by atoms with van der Waals surface area (Å²) in [6.45, 7) is 1.84. The molecule has 0 saturated carbocycles. The molecule has 0 spiro atoms. The van der Waals surface area contributed by atoms with Crippen molar-refractivity contribution >= 4 is 40.8 Å². The largest absolute Gasteiger partial charge is 0.353 e. The Kier molecular flexibility index (Phi) is 8.08. The average Bonchev–Trinajstić information content (AvgIpc) is 2.67. The predicted molar refractivity (Wildman–Crippen MR) is 111 cm³/mol. The number of halogens is 3. The highest BCUT2D eigenvalue weighted by Crippen LogP contribution is 2.24. The van der Waals surface area contributed by atoms with E-state index in [1.54, 1.807) is 0 Å². The lowest BCUT2D eigenvalue weighted by molar-refractivity contribution is -0.139. The summed E-state index contributed by atoms with van der Waals surface area (Å²) < 4.78 is 26.6. The molecule has 0 aliphatic carbocycles. The molecule has 0 radical (unpaired) electrons. The van der Waals surface area contributed by atoms with Crippen molar-refractivity contribution in [2.45, 2.75) is 31.7 Å². The van der Waals surface area contributed by atoms with E-state index in [1.807, 2.05) is 11.9 Å². The van der Waals surface area contributed by atoms with Crippen LogP contribution in [0.5, 0.6) is 0 Å². The summed E-state index contributed by atoms with van der Waals surface area (Å²) in [4.78, 5) is 51.2. The van der Waals surface area contributed by atoms with Crippen LogP contribution in [0.25, 0.3) is 0 Å². The van der Waals surface area contributed by atoms with Crippen molar-refractivity contribution in [3.63, 3.8) is 0 Å². The Balaban J connectivity index is 2.21. The molecule has 3 N–H and O–H groups in total. The first kappa shape index (κ1) is 24.7. The van der Waals surface area contributed by atoms with Gasteiger partial charge in [0.05, 0.1) is 23.2 Å². The SMILES string of the molecule is CNC(=O)C(=O)[C@H](CCC(C)(F)F)NC(=O)c1cc(Cl)ccc1NC(=O)C1CN(C)C1. The number of hydrogen-bond acceptors (Lipinski definition) is 5. The number of amides is 3. The second kappa shape index (κ2) is 10.1. The lowest BCUT2D eigenvalue weighted by Gasteiger charge is -2.35. The summed E-state index contributed by atoms with van der Waals surface area (Å²) in [5.41, 5.74) is 0.111. The second-order valence-electron chi connectivity index (χ2n) is 7.68. The Morgan fingerprint density at radius 2 is 1.90 bits per heavy atom. The number of anilines is 1. The van der Waals surface area contributed by atoms with Crippen LogP contribution in [0.1, 0.15) is 30.1 Å². The van der Waals surface area contributed by atoms with Crippen molar-refractivity contribution in [3.8, 4) is 0 Å². The molecule has 8 nitrogen and oxygen atoms in total. The molecular weight excluding hydrogens is 434 g/mol. The Morgan fingerprint density at radius 1 is 1.26 bits per heavy atom. The molecule has 1 heterocycles. The van der Waals surface area contributed by atoms with E-state index in [9.17, 15) is 28.0 Å². The first-order valence-corrected chi connectivity index (χ1v) is 10.0. The zero-order valence-corrected chi connectivity index (χ0v) is 18.2. The number of likely N-dealkylation sites (N-methyl/N-ethyl adjacent to an activating group) is 1. The van der Waals surface area contributed by atoms with Crippen molar-refractivity contribution in [3.05, 3.63) is 28.8 Å². The van der Waals surface area contributed by atoms with Crippen LogP contribution in [0.4, 0.5) is 14.5 Å². The van der Waals surface area contributed by atoms with Crippen LogP contribution in [0.2, 0.25) is 5.02 Å². The van der Waals surface area contributed by atoms with Gasteiger partial charge in [-0.3, -0.25) is 19.2 Å². The van der Waals surface area contributed by atoms with Crippen LogP contribution < -0.4 is 16.0 Å². The van der Waals surface area contributed by atoms with Gasteiger partial charge in [0.25, 0.3) is 11.8 Å². The molecule has 1 aliphatic rings. The van der Waals surface area contributed by atoms with Crippen LogP contribution in [0.3, 0.4) is 0 Å². The summed E-state index contributed by atoms with van der Waals surface area (Å²) in [6.07, 6.45) is -1.16. The van der Waals surface area contributed by atoms with Crippen molar-refractivity contribution in [1.82, 2.24) is 15.5 Å². The van der Waals surface area contributed by atoms with Gasteiger partial charge in [0.15, 0.2) is 0 Å². The third-order valence-corrected chi connectivity index (χ3v) is 5.10. The van der Waals surface area contributed by atoms with Crippen LogP contribution in [-0.2, 0) is 14.4 Å². The first-order valence-electron chi connectivity index (χ1n) is 9.65. The predicted octanol–water partition coefficient (Wildman–Crippen LogP) is 1.69. The minimum absolute atomic E-state index is 0.0495. The number of rotatable bonds is 9. The van der Waals surface area contributed by atoms with Gasteiger partial charge in [-0.1, -0.05) is 11.6 Å². The summed E-state index contributed by atoms with van der Waals surface area (Å²) in [7, 11) is 3.09. The van der Waals surface area contributed by atoms with Crippen LogP contribution >= 0.6 is 11.6 Å². The molecule has 170 valence electrons. The molecule has 1 aromatic rings. The maximum absolute atomic E-state index is 13.3. The number of likely N-dealkylation sites (tertiary alicyclic amines) is 1. The Hall–Kier alpha value is -2.59. The first-order chi connectivity index (χ1) is 14.4. The number of nitrogens with zero attached hydrogens (tertiary/aromatic N) is 1. The maximum atomic E-state index is 13.3. The number of Topliss-reactive ketones (excluding diaryl/α,β-unsaturated/α-hetero) is 1. The fourth-order valence-electron chi connectivity index (χ4n) is 3.10. The molecule has 1 fully saturated rings. The standard InChI is InChI=1S/C20H25ClF2N4O4/c1-20(22,23)7-6-15(16(28)19(31)24-2)26-18(30)13-8-12(21)4-5-14(13)25-17(29)11-9-27(3)10-11/h4-5,8,11,15H,6-7,9-10H2,1-3H3,(H,24,31)(H,25,29)(H,26,30)/t15-/m0/s1. The number of ketones is 1. The monoisotopic (exact) mass is 458 g/mol. The quantitative estimate of drug-likeness (QED) is 0.488. The number of carbonyl (C=O) groups is 4. The number of hydrogen-bond donors (Lipinski definition) is 3. The van der Waals surface area contributed by atoms with Crippen molar-refractivity contribution in [2.75, 3.05) is 32.5 Å². The number of benzene rings is 1. The summed E-state index contributed by atoms with van der Waals surface area (Å²) in [5.74, 6) is -6.49. The van der Waals surface area contributed by atoms with Crippen molar-refractivity contribution < 1.29 is 28.0 Å². The van der Waals surface area contributed by atoms with Gasteiger partial charge in [-0.2, -0.15) is 0 Å². The molecule has 1 aromatic carbocycles. The van der Waals surface area contributed by atoms with Gasteiger partial charge in [0.1, 0.15) is 0 Å². The van der Waals surface area contributed by atoms with Gasteiger partial charge in [-0.15, -0.1) is 0 Å². The minimum atomic E-state index is -3.09. The highest BCUT2D eigenvalue weighted by atomic mass is 35.5. The van der Waals surface area contributed by atoms with Gasteiger partial charge < -0.3 is 20.9 Å². The Morgan fingerprint density at radius 3 is 2.45 bits per heavy atom. The molecule has 0 aromatic heterocycles. The van der Waals surface area contributed by atoms with E-state index in [-0.39, 0.29) is 28.1 Å². The van der Waals surface area contributed by atoms with Gasteiger partial charge in [-0.25, -0.2) is 8.78 Å². The molecule has 0 bridgehead atoms. The summed E-state index contributed by atoms with van der Waals surface area (Å²) >= 11 is 5.98. The molecule has 2 rings (SSSR count). The normalized spacial score (nSPS) is 15.5. The van der Waals surface area contributed by atoms with E-state index in [0.717, 1.165) is 0 Å². The highest BCUT2D eigenvalue weighted by Gasteiger charge is 2.33. The molecule has 11 heteroatoms. The van der Waals surface area contributed by atoms with Gasteiger partial charge >= 0.3 is 0 Å².